The maximum atomic E-state index is 9.92. The van der Waals surface area contributed by atoms with Gasteiger partial charge in [0.25, 0.3) is 0 Å². The highest BCUT2D eigenvalue weighted by Crippen LogP contribution is 2.13. The van der Waals surface area contributed by atoms with E-state index in [0.717, 1.165) is 25.7 Å². The van der Waals surface area contributed by atoms with Crippen molar-refractivity contribution in [2.24, 2.45) is 0 Å². The van der Waals surface area contributed by atoms with Gasteiger partial charge in [0, 0.05) is 13.2 Å². The van der Waals surface area contributed by atoms with Crippen LogP contribution in [0.15, 0.2) is 0 Å². The van der Waals surface area contributed by atoms with Crippen molar-refractivity contribution in [1.29, 1.82) is 0 Å². The summed E-state index contributed by atoms with van der Waals surface area (Å²) < 4.78 is 17.1. The first kappa shape index (κ1) is 26.8. The summed E-state index contributed by atoms with van der Waals surface area (Å²) in [6, 6.07) is 0. The third-order valence-corrected chi connectivity index (χ3v) is 4.62. The third-order valence-electron chi connectivity index (χ3n) is 4.62. The number of aliphatic hydroxyl groups is 2. The Labute approximate surface area is 167 Å². The molecule has 4 atom stereocenters. The highest BCUT2D eigenvalue weighted by molar-refractivity contribution is 4.60. The fourth-order valence-corrected chi connectivity index (χ4v) is 2.88. The van der Waals surface area contributed by atoms with Gasteiger partial charge in [0.2, 0.25) is 0 Å². The Morgan fingerprint density at radius 2 is 0.889 bits per heavy atom. The first-order valence-electron chi connectivity index (χ1n) is 11.3. The van der Waals surface area contributed by atoms with Gasteiger partial charge in [0.05, 0.1) is 0 Å². The van der Waals surface area contributed by atoms with Crippen LogP contribution in [0.4, 0.5) is 0 Å². The summed E-state index contributed by atoms with van der Waals surface area (Å²) in [5.74, 6) is 0. The van der Waals surface area contributed by atoms with Crippen LogP contribution in [0, 0.1) is 0 Å². The van der Waals surface area contributed by atoms with Crippen molar-refractivity contribution >= 4 is 0 Å². The number of aliphatic hydroxyl groups excluding tert-OH is 2. The predicted molar refractivity (Wildman–Crippen MR) is 111 cm³/mol. The van der Waals surface area contributed by atoms with Gasteiger partial charge in [-0.1, -0.05) is 78.1 Å². The summed E-state index contributed by atoms with van der Waals surface area (Å²) in [5, 5.41) is 19.8. The first-order valence-corrected chi connectivity index (χ1v) is 11.3. The normalized spacial score (nSPS) is 16.2. The maximum Gasteiger partial charge on any atom is 0.186 e. The molecule has 0 rings (SSSR count). The minimum absolute atomic E-state index is 0.547. The molecular formula is C22H46O5. The number of hydrogen-bond acceptors (Lipinski definition) is 5. The van der Waals surface area contributed by atoms with Gasteiger partial charge in [-0.2, -0.15) is 0 Å². The molecule has 4 unspecified atom stereocenters. The molecule has 0 aliphatic carbocycles. The summed E-state index contributed by atoms with van der Waals surface area (Å²) in [7, 11) is 0. The summed E-state index contributed by atoms with van der Waals surface area (Å²) in [4.78, 5) is 0. The molecule has 5 nitrogen and oxygen atoms in total. The van der Waals surface area contributed by atoms with E-state index in [2.05, 4.69) is 13.8 Å². The molecular weight excluding hydrogens is 344 g/mol. The lowest BCUT2D eigenvalue weighted by molar-refractivity contribution is -0.291. The quantitative estimate of drug-likeness (QED) is 0.222. The molecule has 0 aromatic rings. The molecule has 0 amide bonds. The van der Waals surface area contributed by atoms with E-state index in [0.29, 0.717) is 13.2 Å². The van der Waals surface area contributed by atoms with Crippen LogP contribution in [0.5, 0.6) is 0 Å². The van der Waals surface area contributed by atoms with Crippen molar-refractivity contribution in [3.05, 3.63) is 0 Å². The lowest BCUT2D eigenvalue weighted by Gasteiger charge is -2.28. The van der Waals surface area contributed by atoms with Crippen LogP contribution < -0.4 is 0 Å². The minimum atomic E-state index is -0.774. The summed E-state index contributed by atoms with van der Waals surface area (Å²) >= 11 is 0. The Balaban J connectivity index is 4.04. The van der Waals surface area contributed by atoms with E-state index >= 15 is 0 Å². The van der Waals surface area contributed by atoms with Gasteiger partial charge in [-0.15, -0.1) is 0 Å². The van der Waals surface area contributed by atoms with E-state index in [1.54, 1.807) is 13.8 Å². The van der Waals surface area contributed by atoms with Crippen molar-refractivity contribution in [2.75, 3.05) is 13.2 Å². The van der Waals surface area contributed by atoms with Gasteiger partial charge >= 0.3 is 0 Å². The SMILES string of the molecule is CCCCCCCCOC(OC(OCCCCCCCC)C(C)O)C(C)O. The topological polar surface area (TPSA) is 68.2 Å². The molecule has 0 saturated carbocycles. The van der Waals surface area contributed by atoms with Gasteiger partial charge < -0.3 is 24.4 Å². The van der Waals surface area contributed by atoms with Gasteiger partial charge in [0.15, 0.2) is 12.6 Å². The average molecular weight is 391 g/mol. The highest BCUT2D eigenvalue weighted by atomic mass is 16.8. The van der Waals surface area contributed by atoms with Crippen LogP contribution in [0.1, 0.15) is 105 Å². The molecule has 27 heavy (non-hydrogen) atoms. The van der Waals surface area contributed by atoms with Gasteiger partial charge in [0.1, 0.15) is 12.2 Å². The summed E-state index contributed by atoms with van der Waals surface area (Å²) in [6.07, 6.45) is 11.1. The molecule has 0 heterocycles. The van der Waals surface area contributed by atoms with Crippen molar-refractivity contribution in [2.45, 2.75) is 130 Å². The van der Waals surface area contributed by atoms with Crippen molar-refractivity contribution < 1.29 is 24.4 Å². The minimum Gasteiger partial charge on any atom is -0.388 e. The molecule has 0 aliphatic heterocycles. The van der Waals surface area contributed by atoms with Crippen LogP contribution in [0.25, 0.3) is 0 Å². The molecule has 0 saturated heterocycles. The Morgan fingerprint density at radius 3 is 1.22 bits per heavy atom. The van der Waals surface area contributed by atoms with E-state index < -0.39 is 24.8 Å². The zero-order chi connectivity index (χ0) is 20.3. The van der Waals surface area contributed by atoms with E-state index in [1.165, 1.54) is 51.4 Å². The van der Waals surface area contributed by atoms with Crippen LogP contribution >= 0.6 is 0 Å². The lowest BCUT2D eigenvalue weighted by atomic mass is 10.1. The first-order chi connectivity index (χ1) is 13.0. The Kier molecular flexibility index (Phi) is 19.0. The van der Waals surface area contributed by atoms with E-state index in [1.807, 2.05) is 0 Å². The molecule has 0 aromatic heterocycles. The fourth-order valence-electron chi connectivity index (χ4n) is 2.88. The van der Waals surface area contributed by atoms with Crippen molar-refractivity contribution in [1.82, 2.24) is 0 Å². The largest absolute Gasteiger partial charge is 0.388 e. The molecule has 0 radical (unpaired) electrons. The number of hydrogen-bond donors (Lipinski definition) is 2. The average Bonchev–Trinajstić information content (AvgIpc) is 2.63. The van der Waals surface area contributed by atoms with Crippen molar-refractivity contribution in [3.8, 4) is 0 Å². The van der Waals surface area contributed by atoms with Gasteiger partial charge in [-0.25, -0.2) is 0 Å². The molecule has 0 fully saturated rings. The van der Waals surface area contributed by atoms with E-state index in [9.17, 15) is 10.2 Å². The number of ether oxygens (including phenoxy) is 3. The second-order valence-corrected chi connectivity index (χ2v) is 7.63. The smallest absolute Gasteiger partial charge is 0.186 e. The van der Waals surface area contributed by atoms with Crippen LogP contribution in [-0.4, -0.2) is 48.2 Å². The van der Waals surface area contributed by atoms with Crippen LogP contribution in [-0.2, 0) is 14.2 Å². The summed E-state index contributed by atoms with van der Waals surface area (Å²) in [5.41, 5.74) is 0. The summed E-state index contributed by atoms with van der Waals surface area (Å²) in [6.45, 7) is 8.79. The van der Waals surface area contributed by atoms with Crippen molar-refractivity contribution in [3.63, 3.8) is 0 Å². The van der Waals surface area contributed by atoms with Crippen LogP contribution in [0.2, 0.25) is 0 Å². The van der Waals surface area contributed by atoms with Crippen LogP contribution in [0.3, 0.4) is 0 Å². The zero-order valence-corrected chi connectivity index (χ0v) is 18.3. The Morgan fingerprint density at radius 1 is 0.556 bits per heavy atom. The third kappa shape index (κ3) is 16.5. The Bertz CT molecular complexity index is 268. The maximum absolute atomic E-state index is 9.92. The predicted octanol–water partition coefficient (Wildman–Crippen LogP) is 5.17. The molecule has 0 aliphatic rings. The molecule has 0 aromatic carbocycles. The molecule has 0 bridgehead atoms. The second kappa shape index (κ2) is 19.1. The Hall–Kier alpha value is -0.200. The molecule has 2 N–H and O–H groups in total. The number of unbranched alkanes of at least 4 members (excludes halogenated alkanes) is 10. The van der Waals surface area contributed by atoms with E-state index in [-0.39, 0.29) is 0 Å². The molecule has 0 spiro atoms. The van der Waals surface area contributed by atoms with Gasteiger partial charge in [-0.05, 0) is 26.7 Å². The molecule has 5 heteroatoms. The highest BCUT2D eigenvalue weighted by Gasteiger charge is 2.25. The number of rotatable bonds is 20. The fraction of sp³-hybridized carbons (Fsp3) is 1.00. The second-order valence-electron chi connectivity index (χ2n) is 7.63. The lowest BCUT2D eigenvalue weighted by Crippen LogP contribution is -2.39. The standard InChI is InChI=1S/C22H46O5/c1-5-7-9-11-13-15-17-25-21(19(3)23)27-22(20(4)24)26-18-16-14-12-10-8-6-2/h19-24H,5-18H2,1-4H3. The molecule has 164 valence electrons. The monoisotopic (exact) mass is 390 g/mol. The van der Waals surface area contributed by atoms with Gasteiger partial charge in [-0.3, -0.25) is 0 Å². The zero-order valence-electron chi connectivity index (χ0n) is 18.3. The van der Waals surface area contributed by atoms with E-state index in [4.69, 9.17) is 14.2 Å².